The molecular weight excluding hydrogens is 410 g/mol. The molecule has 0 unspecified atom stereocenters. The first-order chi connectivity index (χ1) is 14.7. The Kier molecular flexibility index (Phi) is 7.39. The highest BCUT2D eigenvalue weighted by Gasteiger charge is 2.13. The van der Waals surface area contributed by atoms with Crippen molar-refractivity contribution in [1.82, 2.24) is 15.1 Å². The second-order valence-electron chi connectivity index (χ2n) is 8.70. The quantitative estimate of drug-likeness (QED) is 0.468. The van der Waals surface area contributed by atoms with Gasteiger partial charge >= 0.3 is 0 Å². The van der Waals surface area contributed by atoms with Crippen molar-refractivity contribution in [3.05, 3.63) is 82.1 Å². The third-order valence-corrected chi connectivity index (χ3v) is 5.42. The van der Waals surface area contributed by atoms with Crippen LogP contribution in [0.3, 0.4) is 0 Å². The van der Waals surface area contributed by atoms with Gasteiger partial charge in [-0.25, -0.2) is 0 Å². The largest absolute Gasteiger partial charge is 0.489 e. The molecule has 0 bridgehead atoms. The number of halogens is 1. The van der Waals surface area contributed by atoms with Crippen LogP contribution in [0.2, 0.25) is 5.02 Å². The zero-order valence-electron chi connectivity index (χ0n) is 18.6. The van der Waals surface area contributed by atoms with E-state index in [9.17, 15) is 4.79 Å². The first kappa shape index (κ1) is 22.9. The van der Waals surface area contributed by atoms with Crippen molar-refractivity contribution in [3.8, 4) is 5.75 Å². The average Bonchev–Trinajstić information content (AvgIpc) is 3.06. The molecular formula is C25H30ClN3O2. The standard InChI is InChI=1S/C25H30ClN3O2/c1-18-23(26)16-29(28-18)14-6-13-27-24(30)20-8-5-7-19(15-20)17-31-22-11-9-21(10-12-22)25(2,3)4/h5,7-12,15-16H,6,13-14,17H2,1-4H3,(H,27,30). The molecule has 6 heteroatoms. The third-order valence-electron chi connectivity index (χ3n) is 5.05. The molecule has 0 saturated carbocycles. The highest BCUT2D eigenvalue weighted by Crippen LogP contribution is 2.24. The maximum absolute atomic E-state index is 12.5. The zero-order valence-corrected chi connectivity index (χ0v) is 19.4. The summed E-state index contributed by atoms with van der Waals surface area (Å²) in [4.78, 5) is 12.5. The summed E-state index contributed by atoms with van der Waals surface area (Å²) in [6.07, 6.45) is 2.58. The highest BCUT2D eigenvalue weighted by molar-refractivity contribution is 6.31. The molecule has 2 aromatic carbocycles. The summed E-state index contributed by atoms with van der Waals surface area (Å²) in [7, 11) is 0. The van der Waals surface area contributed by atoms with Crippen LogP contribution >= 0.6 is 11.6 Å². The molecule has 0 spiro atoms. The molecule has 0 radical (unpaired) electrons. The summed E-state index contributed by atoms with van der Waals surface area (Å²) in [5.74, 6) is 0.725. The van der Waals surface area contributed by atoms with E-state index in [1.54, 1.807) is 10.9 Å². The molecule has 1 heterocycles. The van der Waals surface area contributed by atoms with E-state index >= 15 is 0 Å². The van der Waals surface area contributed by atoms with Gasteiger partial charge in [-0.3, -0.25) is 9.48 Å². The number of aromatic nitrogens is 2. The Morgan fingerprint density at radius 2 is 1.90 bits per heavy atom. The summed E-state index contributed by atoms with van der Waals surface area (Å²) in [5.41, 5.74) is 3.78. The predicted molar refractivity (Wildman–Crippen MR) is 125 cm³/mol. The Hall–Kier alpha value is -2.79. The third kappa shape index (κ3) is 6.59. The lowest BCUT2D eigenvalue weighted by Gasteiger charge is -2.19. The van der Waals surface area contributed by atoms with Crippen LogP contribution in [0.15, 0.2) is 54.7 Å². The van der Waals surface area contributed by atoms with Crippen molar-refractivity contribution >= 4 is 17.5 Å². The molecule has 31 heavy (non-hydrogen) atoms. The van der Waals surface area contributed by atoms with E-state index < -0.39 is 0 Å². The lowest BCUT2D eigenvalue weighted by atomic mass is 9.87. The number of amides is 1. The van der Waals surface area contributed by atoms with Crippen molar-refractivity contribution in [3.63, 3.8) is 0 Å². The fraction of sp³-hybridized carbons (Fsp3) is 0.360. The van der Waals surface area contributed by atoms with Crippen LogP contribution in [-0.4, -0.2) is 22.2 Å². The maximum atomic E-state index is 12.5. The van der Waals surface area contributed by atoms with Crippen molar-refractivity contribution in [2.24, 2.45) is 0 Å². The molecule has 164 valence electrons. The number of nitrogens with zero attached hydrogens (tertiary/aromatic N) is 2. The van der Waals surface area contributed by atoms with Crippen LogP contribution in [0, 0.1) is 6.92 Å². The molecule has 0 aliphatic rings. The summed E-state index contributed by atoms with van der Waals surface area (Å²) in [6.45, 7) is 10.1. The first-order valence-corrected chi connectivity index (χ1v) is 10.9. The van der Waals surface area contributed by atoms with E-state index in [4.69, 9.17) is 16.3 Å². The second kappa shape index (κ2) is 10.0. The number of aryl methyl sites for hydroxylation is 2. The molecule has 3 aromatic rings. The smallest absolute Gasteiger partial charge is 0.251 e. The molecule has 0 atom stereocenters. The number of rotatable bonds is 8. The molecule has 5 nitrogen and oxygen atoms in total. The summed E-state index contributed by atoms with van der Waals surface area (Å²) in [5, 5.41) is 7.94. The van der Waals surface area contributed by atoms with Gasteiger partial charge in [0.1, 0.15) is 12.4 Å². The van der Waals surface area contributed by atoms with Crippen LogP contribution in [0.25, 0.3) is 0 Å². The number of carbonyl (C=O) groups is 1. The number of nitrogens with one attached hydrogen (secondary N) is 1. The van der Waals surface area contributed by atoms with Gasteiger partial charge in [-0.15, -0.1) is 0 Å². The van der Waals surface area contributed by atoms with Crippen molar-refractivity contribution in [2.45, 2.75) is 52.7 Å². The van der Waals surface area contributed by atoms with E-state index in [1.165, 1.54) is 5.56 Å². The van der Waals surface area contributed by atoms with Gasteiger partial charge in [-0.1, -0.05) is 56.6 Å². The topological polar surface area (TPSA) is 56.2 Å². The van der Waals surface area contributed by atoms with Crippen molar-refractivity contribution < 1.29 is 9.53 Å². The van der Waals surface area contributed by atoms with Gasteiger partial charge < -0.3 is 10.1 Å². The van der Waals surface area contributed by atoms with Gasteiger partial charge in [-0.05, 0) is 54.2 Å². The van der Waals surface area contributed by atoms with Crippen LogP contribution in [0.1, 0.15) is 54.4 Å². The molecule has 1 aromatic heterocycles. The Morgan fingerprint density at radius 3 is 2.55 bits per heavy atom. The zero-order chi connectivity index (χ0) is 22.4. The van der Waals surface area contributed by atoms with Crippen molar-refractivity contribution in [1.29, 1.82) is 0 Å². The van der Waals surface area contributed by atoms with Crippen LogP contribution < -0.4 is 10.1 Å². The van der Waals surface area contributed by atoms with Gasteiger partial charge in [0.15, 0.2) is 0 Å². The summed E-state index contributed by atoms with van der Waals surface area (Å²) < 4.78 is 7.70. The minimum Gasteiger partial charge on any atom is -0.489 e. The average molecular weight is 440 g/mol. The monoisotopic (exact) mass is 439 g/mol. The van der Waals surface area contributed by atoms with Gasteiger partial charge in [0.05, 0.1) is 10.7 Å². The van der Waals surface area contributed by atoms with Crippen LogP contribution in [-0.2, 0) is 18.6 Å². The number of hydrogen-bond donors (Lipinski definition) is 1. The Balaban J connectivity index is 1.48. The Morgan fingerprint density at radius 1 is 1.16 bits per heavy atom. The van der Waals surface area contributed by atoms with Gasteiger partial charge in [0.25, 0.3) is 5.91 Å². The number of ether oxygens (including phenoxy) is 1. The first-order valence-electron chi connectivity index (χ1n) is 10.5. The molecule has 0 aliphatic heterocycles. The van der Waals surface area contributed by atoms with Gasteiger partial charge in [0.2, 0.25) is 0 Å². The highest BCUT2D eigenvalue weighted by atomic mass is 35.5. The molecule has 1 N–H and O–H groups in total. The molecule has 0 aliphatic carbocycles. The fourth-order valence-corrected chi connectivity index (χ4v) is 3.32. The normalized spacial score (nSPS) is 11.4. The minimum atomic E-state index is -0.0916. The number of carbonyl (C=O) groups excluding carboxylic acids is 1. The predicted octanol–water partition coefficient (Wildman–Crippen LogP) is 5.54. The van der Waals surface area contributed by atoms with E-state index in [1.807, 2.05) is 43.3 Å². The number of hydrogen-bond acceptors (Lipinski definition) is 3. The molecule has 3 rings (SSSR count). The molecule has 0 saturated heterocycles. The van der Waals surface area contributed by atoms with E-state index in [-0.39, 0.29) is 11.3 Å². The van der Waals surface area contributed by atoms with Crippen LogP contribution in [0.5, 0.6) is 5.75 Å². The minimum absolute atomic E-state index is 0.0916. The van der Waals surface area contributed by atoms with Gasteiger partial charge in [-0.2, -0.15) is 5.10 Å². The van der Waals surface area contributed by atoms with Crippen LogP contribution in [0.4, 0.5) is 0 Å². The molecule has 0 fully saturated rings. The summed E-state index contributed by atoms with van der Waals surface area (Å²) in [6, 6.07) is 15.7. The molecule has 1 amide bonds. The van der Waals surface area contributed by atoms with E-state index in [0.717, 1.165) is 23.4 Å². The van der Waals surface area contributed by atoms with Crippen molar-refractivity contribution in [2.75, 3.05) is 6.54 Å². The fourth-order valence-electron chi connectivity index (χ4n) is 3.17. The lowest BCUT2D eigenvalue weighted by molar-refractivity contribution is 0.0952. The van der Waals surface area contributed by atoms with E-state index in [2.05, 4.69) is 43.3 Å². The SMILES string of the molecule is Cc1nn(CCCNC(=O)c2cccc(COc3ccc(C(C)(C)C)cc3)c2)cc1Cl. The second-order valence-corrected chi connectivity index (χ2v) is 9.11. The summed E-state index contributed by atoms with van der Waals surface area (Å²) >= 11 is 6.01. The maximum Gasteiger partial charge on any atom is 0.251 e. The van der Waals surface area contributed by atoms with E-state index in [0.29, 0.717) is 30.3 Å². The van der Waals surface area contributed by atoms with Gasteiger partial charge in [0, 0.05) is 24.8 Å². The Labute approximate surface area is 189 Å². The lowest BCUT2D eigenvalue weighted by Crippen LogP contribution is -2.25. The Bertz CT molecular complexity index is 1000. The number of benzene rings is 2.